The number of nitriles is 1. The van der Waals surface area contributed by atoms with Gasteiger partial charge in [-0.05, 0) is 45.0 Å². The number of aromatic hydroxyl groups is 1. The van der Waals surface area contributed by atoms with Crippen molar-refractivity contribution in [2.24, 2.45) is 0 Å². The summed E-state index contributed by atoms with van der Waals surface area (Å²) in [5, 5.41) is 22.6. The number of ether oxygens (including phenoxy) is 1. The number of phenolic OH excluding ortho intramolecular Hbond substituents is 1. The molecule has 1 saturated heterocycles. The fourth-order valence-electron chi connectivity index (χ4n) is 6.50. The number of hydrogen-bond donors (Lipinski definition) is 4. The first-order chi connectivity index (χ1) is 24.0. The number of alkyl halides is 3. The Kier molecular flexibility index (Phi) is 9.06. The first-order valence-electron chi connectivity index (χ1n) is 15.2. The molecule has 5 aromatic rings. The number of benzene rings is 2. The van der Waals surface area contributed by atoms with Crippen LogP contribution in [0.2, 0.25) is 0 Å². The Balaban J connectivity index is 1.66. The molecule has 0 aliphatic carbocycles. The lowest BCUT2D eigenvalue weighted by Gasteiger charge is -2.27. The monoisotopic (exact) mass is 732 g/mol. The van der Waals surface area contributed by atoms with Crippen LogP contribution in [0.15, 0.2) is 42.1 Å². The average Bonchev–Trinajstić information content (AvgIpc) is 3.62. The van der Waals surface area contributed by atoms with Crippen LogP contribution in [0.25, 0.3) is 32.1 Å². The summed E-state index contributed by atoms with van der Waals surface area (Å²) >= 11 is 0.580. The van der Waals surface area contributed by atoms with Gasteiger partial charge in [-0.3, -0.25) is 4.90 Å². The van der Waals surface area contributed by atoms with Gasteiger partial charge in [0.25, 0.3) is 6.08 Å². The van der Waals surface area contributed by atoms with Crippen molar-refractivity contribution in [3.8, 4) is 29.0 Å². The molecule has 6 rings (SSSR count). The quantitative estimate of drug-likeness (QED) is 0.122. The van der Waals surface area contributed by atoms with Crippen LogP contribution in [0.1, 0.15) is 43.0 Å². The van der Waals surface area contributed by atoms with Crippen molar-refractivity contribution in [2.75, 3.05) is 30.4 Å². The number of nitrogens with two attached hydrogens (primary N) is 2. The summed E-state index contributed by atoms with van der Waals surface area (Å²) in [4.78, 5) is 13.9. The predicted molar refractivity (Wildman–Crippen MR) is 177 cm³/mol. The summed E-state index contributed by atoms with van der Waals surface area (Å²) in [6.07, 6.45) is -6.97. The standard InChI is InChI=1S/C33H27F7N8O2S/c1-12(14-5-4-9-44-29(14)42)45-31-21-24(46-32(47-31)50-13(2)25-16(28(36)37)8-10-48(25)3)23(35)20(22(26(21)49)33(38,39)40)15-6-7-18(34)27-19(15)17(11-41)30(43)51-27/h4-7,9,12-13,25,49H,8,10,43H2,1-3H3,(H2,42,44)(H,45,46,47)/t12-,13+,25-/m1/s1. The number of likely N-dealkylation sites (N-methyl/N-ethyl adjacent to an activating group) is 1. The van der Waals surface area contributed by atoms with Gasteiger partial charge in [-0.15, -0.1) is 11.3 Å². The Morgan fingerprint density at radius 2 is 1.88 bits per heavy atom. The second-order valence-corrected chi connectivity index (χ2v) is 12.9. The molecule has 10 nitrogen and oxygen atoms in total. The fraction of sp³-hybridized carbons (Fsp3) is 0.273. The largest absolute Gasteiger partial charge is 0.506 e. The van der Waals surface area contributed by atoms with Crippen molar-refractivity contribution >= 4 is 49.0 Å². The van der Waals surface area contributed by atoms with Gasteiger partial charge in [-0.2, -0.15) is 37.2 Å². The molecule has 51 heavy (non-hydrogen) atoms. The van der Waals surface area contributed by atoms with Gasteiger partial charge in [-0.25, -0.2) is 13.8 Å². The minimum absolute atomic E-state index is 0.0443. The van der Waals surface area contributed by atoms with Gasteiger partial charge in [0, 0.05) is 34.8 Å². The molecule has 2 aromatic carbocycles. The van der Waals surface area contributed by atoms with E-state index in [0.29, 0.717) is 16.9 Å². The molecule has 0 radical (unpaired) electrons. The minimum atomic E-state index is -5.43. The van der Waals surface area contributed by atoms with Crippen LogP contribution >= 0.6 is 11.3 Å². The van der Waals surface area contributed by atoms with E-state index in [9.17, 15) is 36.7 Å². The number of anilines is 3. The lowest BCUT2D eigenvalue weighted by Crippen LogP contribution is -2.39. The summed E-state index contributed by atoms with van der Waals surface area (Å²) in [5.74, 6) is -4.54. The minimum Gasteiger partial charge on any atom is -0.506 e. The van der Waals surface area contributed by atoms with Gasteiger partial charge in [0.2, 0.25) is 0 Å². The zero-order chi connectivity index (χ0) is 37.1. The van der Waals surface area contributed by atoms with Gasteiger partial charge in [0.1, 0.15) is 51.5 Å². The van der Waals surface area contributed by atoms with Crippen molar-refractivity contribution in [3.05, 3.63) is 70.4 Å². The predicted octanol–water partition coefficient (Wildman–Crippen LogP) is 7.74. The molecule has 0 unspecified atom stereocenters. The Morgan fingerprint density at radius 3 is 2.53 bits per heavy atom. The SMILES string of the molecule is C[C@H](Oc1nc(N[C@H](C)c2cccnc2N)c2c(O)c(C(F)(F)F)c(-c3ccc(F)c4sc(N)c(C#N)c34)c(F)c2n1)[C@@H]1C(=C(F)F)CCN1C. The summed E-state index contributed by atoms with van der Waals surface area (Å²) in [5.41, 5.74) is 7.09. The van der Waals surface area contributed by atoms with Gasteiger partial charge in [-0.1, -0.05) is 12.1 Å². The lowest BCUT2D eigenvalue weighted by atomic mass is 9.91. The second kappa shape index (κ2) is 13.0. The third-order valence-corrected chi connectivity index (χ3v) is 9.78. The fourth-order valence-corrected chi connectivity index (χ4v) is 7.45. The summed E-state index contributed by atoms with van der Waals surface area (Å²) in [7, 11) is 1.59. The first-order valence-corrected chi connectivity index (χ1v) is 16.0. The Bertz CT molecular complexity index is 2280. The maximum absolute atomic E-state index is 17.0. The van der Waals surface area contributed by atoms with Crippen LogP contribution in [-0.2, 0) is 6.18 Å². The zero-order valence-corrected chi connectivity index (χ0v) is 27.6. The molecular formula is C33H27F7N8O2S. The number of nitrogens with zero attached hydrogens (tertiary/aromatic N) is 5. The molecular weight excluding hydrogens is 705 g/mol. The Hall–Kier alpha value is -5.41. The molecule has 0 saturated carbocycles. The van der Waals surface area contributed by atoms with Crippen molar-refractivity contribution in [1.29, 1.82) is 5.26 Å². The van der Waals surface area contributed by atoms with Gasteiger partial charge in [0.15, 0.2) is 5.82 Å². The molecule has 6 N–H and O–H groups in total. The van der Waals surface area contributed by atoms with Crippen molar-refractivity contribution in [2.45, 2.75) is 44.6 Å². The number of nitrogens with one attached hydrogen (secondary N) is 1. The first kappa shape index (κ1) is 35.4. The van der Waals surface area contributed by atoms with Gasteiger partial charge in [0.05, 0.1) is 27.7 Å². The van der Waals surface area contributed by atoms with Crippen molar-refractivity contribution in [1.82, 2.24) is 19.9 Å². The highest BCUT2D eigenvalue weighted by molar-refractivity contribution is 7.23. The van der Waals surface area contributed by atoms with Crippen LogP contribution in [0.4, 0.5) is 47.4 Å². The highest BCUT2D eigenvalue weighted by Gasteiger charge is 2.43. The van der Waals surface area contributed by atoms with Crippen molar-refractivity contribution < 1.29 is 40.6 Å². The van der Waals surface area contributed by atoms with Crippen LogP contribution in [0.3, 0.4) is 0 Å². The van der Waals surface area contributed by atoms with Crippen LogP contribution in [-0.4, -0.2) is 50.7 Å². The molecule has 266 valence electrons. The zero-order valence-electron chi connectivity index (χ0n) is 26.8. The molecule has 0 spiro atoms. The van der Waals surface area contributed by atoms with E-state index in [4.69, 9.17) is 16.2 Å². The molecule has 4 heterocycles. The third kappa shape index (κ3) is 6.05. The van der Waals surface area contributed by atoms with Crippen LogP contribution in [0.5, 0.6) is 11.8 Å². The smallest absolute Gasteiger partial charge is 0.420 e. The molecule has 0 bridgehead atoms. The number of likely N-dealkylation sites (tertiary alicyclic amines) is 1. The molecule has 1 aliphatic rings. The Labute approximate surface area is 288 Å². The molecule has 0 amide bonds. The average molecular weight is 733 g/mol. The molecule has 18 heteroatoms. The van der Waals surface area contributed by atoms with Gasteiger partial charge < -0.3 is 26.6 Å². The maximum Gasteiger partial charge on any atom is 0.420 e. The second-order valence-electron chi connectivity index (χ2n) is 11.9. The number of aromatic nitrogens is 3. The van der Waals surface area contributed by atoms with E-state index in [1.807, 2.05) is 0 Å². The van der Waals surface area contributed by atoms with E-state index in [0.717, 1.165) is 12.1 Å². The molecule has 1 aliphatic heterocycles. The maximum atomic E-state index is 17.0. The van der Waals surface area contributed by atoms with Crippen molar-refractivity contribution in [3.63, 3.8) is 0 Å². The summed E-state index contributed by atoms with van der Waals surface area (Å²) in [6.45, 7) is 3.27. The van der Waals surface area contributed by atoms with E-state index < -0.39 is 98.2 Å². The number of phenols is 1. The van der Waals surface area contributed by atoms with E-state index in [-0.39, 0.29) is 34.1 Å². The number of nitrogen functional groups attached to an aromatic ring is 2. The number of hydrogen-bond acceptors (Lipinski definition) is 11. The number of rotatable bonds is 7. The number of fused-ring (bicyclic) bond motifs is 2. The summed E-state index contributed by atoms with van der Waals surface area (Å²) < 4.78 is 110. The highest BCUT2D eigenvalue weighted by atomic mass is 32.1. The number of thiophene rings is 1. The molecule has 3 aromatic heterocycles. The van der Waals surface area contributed by atoms with Crippen LogP contribution < -0.4 is 21.5 Å². The Morgan fingerprint density at radius 1 is 1.16 bits per heavy atom. The molecule has 1 fully saturated rings. The van der Waals surface area contributed by atoms with Gasteiger partial charge >= 0.3 is 12.2 Å². The van der Waals surface area contributed by atoms with E-state index in [1.54, 1.807) is 37.1 Å². The van der Waals surface area contributed by atoms with Crippen LogP contribution in [0, 0.1) is 23.0 Å². The van der Waals surface area contributed by atoms with E-state index in [1.165, 1.54) is 13.1 Å². The van der Waals surface area contributed by atoms with E-state index >= 15 is 4.39 Å². The molecule has 3 atom stereocenters. The highest BCUT2D eigenvalue weighted by Crippen LogP contribution is 2.52. The normalized spacial score (nSPS) is 16.4. The number of pyridine rings is 1. The lowest BCUT2D eigenvalue weighted by molar-refractivity contribution is -0.138. The number of halogens is 7. The summed E-state index contributed by atoms with van der Waals surface area (Å²) in [6, 6.07) is 4.02. The third-order valence-electron chi connectivity index (χ3n) is 8.76. The van der Waals surface area contributed by atoms with E-state index in [2.05, 4.69) is 20.3 Å². The topological polar surface area (TPSA) is 159 Å².